The zero-order chi connectivity index (χ0) is 27.1. The average Bonchev–Trinajstić information content (AvgIpc) is 3.66. The highest BCUT2D eigenvalue weighted by atomic mass is 16.5. The van der Waals surface area contributed by atoms with Gasteiger partial charge in [0, 0.05) is 0 Å². The third-order valence-corrected chi connectivity index (χ3v) is 7.74. The predicted octanol–water partition coefficient (Wildman–Crippen LogP) is 0.523. The Morgan fingerprint density at radius 3 is 2.38 bits per heavy atom. The molecular weight excluding hydrogens is 484 g/mol. The number of carbonyl (C=O) groups excluding carboxylic acids is 4. The van der Waals surface area contributed by atoms with Crippen molar-refractivity contribution in [2.75, 3.05) is 14.1 Å². The molecule has 0 bridgehead atoms. The highest BCUT2D eigenvalue weighted by Gasteiger charge is 2.68. The van der Waals surface area contributed by atoms with Crippen LogP contribution in [0.25, 0.3) is 5.57 Å². The normalized spacial score (nSPS) is 31.2. The van der Waals surface area contributed by atoms with E-state index in [1.807, 2.05) is 0 Å². The van der Waals surface area contributed by atoms with Crippen LogP contribution in [0.15, 0.2) is 47.4 Å². The average molecular weight is 510 g/mol. The number of primary amides is 1. The number of phenolic OH excluding ortho intramolecular Hbond substituents is 1. The smallest absolute Gasteiger partial charge is 0.309 e. The summed E-state index contributed by atoms with van der Waals surface area (Å²) in [5, 5.41) is 44.8. The molecule has 5 atom stereocenters. The number of nitrogens with two attached hydrogens (primary N) is 1. The van der Waals surface area contributed by atoms with Crippen molar-refractivity contribution in [2.24, 2.45) is 23.5 Å². The van der Waals surface area contributed by atoms with E-state index in [2.05, 4.69) is 6.58 Å². The summed E-state index contributed by atoms with van der Waals surface area (Å²) in [6.45, 7) is 4.05. The molecule has 1 fully saturated rings. The van der Waals surface area contributed by atoms with E-state index in [0.717, 1.165) is 0 Å². The van der Waals surface area contributed by atoms with E-state index < -0.39 is 87.4 Å². The number of ketones is 2. The Morgan fingerprint density at radius 2 is 1.81 bits per heavy atom. The number of rotatable bonds is 4. The van der Waals surface area contributed by atoms with Crippen LogP contribution >= 0.6 is 0 Å². The topological polar surface area (TPSA) is 188 Å². The number of benzene rings is 1. The molecule has 4 aliphatic carbocycles. The molecule has 1 amide bonds. The summed E-state index contributed by atoms with van der Waals surface area (Å²) in [6, 6.07) is 2.94. The van der Waals surface area contributed by atoms with Crippen LogP contribution in [0.2, 0.25) is 0 Å². The molecule has 37 heavy (non-hydrogen) atoms. The first kappa shape index (κ1) is 24.7. The molecular formula is C26H26N2O9. The molecule has 11 heteroatoms. The number of fused-ring (bicyclic) bond motifs is 3. The van der Waals surface area contributed by atoms with Gasteiger partial charge in [0.2, 0.25) is 5.78 Å². The van der Waals surface area contributed by atoms with Gasteiger partial charge in [-0.3, -0.25) is 24.1 Å². The number of amides is 1. The summed E-state index contributed by atoms with van der Waals surface area (Å²) < 4.78 is 5.86. The number of esters is 1. The van der Waals surface area contributed by atoms with Gasteiger partial charge in [0.25, 0.3) is 5.91 Å². The number of hydrogen-bond donors (Lipinski definition) is 5. The second-order valence-electron chi connectivity index (χ2n) is 10.1. The second-order valence-corrected chi connectivity index (χ2v) is 10.1. The Bertz CT molecular complexity index is 1370. The van der Waals surface area contributed by atoms with E-state index in [-0.39, 0.29) is 16.7 Å². The number of likely N-dealkylation sites (N-methyl/N-ethyl adjacent to an activating group) is 1. The number of aromatic hydroxyl groups is 1. The van der Waals surface area contributed by atoms with Gasteiger partial charge >= 0.3 is 5.97 Å². The summed E-state index contributed by atoms with van der Waals surface area (Å²) in [5.41, 5.74) is 1.17. The first-order valence-electron chi connectivity index (χ1n) is 11.7. The third kappa shape index (κ3) is 3.20. The quantitative estimate of drug-likeness (QED) is 0.282. The van der Waals surface area contributed by atoms with E-state index in [9.17, 15) is 39.6 Å². The summed E-state index contributed by atoms with van der Waals surface area (Å²) in [4.78, 5) is 53.7. The first-order chi connectivity index (χ1) is 17.3. The molecule has 0 saturated heterocycles. The molecule has 6 N–H and O–H groups in total. The van der Waals surface area contributed by atoms with Crippen LogP contribution in [0.1, 0.15) is 28.8 Å². The fourth-order valence-corrected chi connectivity index (χ4v) is 5.88. The standard InChI is InChI=1S/C26H26N2O9/c1-9-11-5-4-6-12(29)14(11)19(30)15-13(9)21(37-25(35)10-7-8-10)17-18(28(2)3)20(31)16(24(27)34)23(33)26(17,36)22(15)32/h4-6,10,13,17-18,21,29,31-32,36H,1,7-8H2,2-3H3,(H2,27,34)/t13-,17+,18-,21+,26+/m1/s1. The molecule has 1 aromatic rings. The summed E-state index contributed by atoms with van der Waals surface area (Å²) in [7, 11) is 2.97. The Balaban J connectivity index is 1.84. The van der Waals surface area contributed by atoms with Crippen molar-refractivity contribution in [1.29, 1.82) is 0 Å². The molecule has 0 unspecified atom stereocenters. The minimum Gasteiger partial charge on any atom is -0.510 e. The van der Waals surface area contributed by atoms with Crippen LogP contribution in [-0.4, -0.2) is 80.6 Å². The summed E-state index contributed by atoms with van der Waals surface area (Å²) in [5.74, 6) is -9.78. The van der Waals surface area contributed by atoms with Crippen molar-refractivity contribution in [3.63, 3.8) is 0 Å². The van der Waals surface area contributed by atoms with E-state index in [1.165, 1.54) is 37.2 Å². The number of hydrogen-bond acceptors (Lipinski definition) is 10. The maximum Gasteiger partial charge on any atom is 0.309 e. The van der Waals surface area contributed by atoms with Gasteiger partial charge in [-0.25, -0.2) is 0 Å². The Hall–Kier alpha value is -3.96. The number of aliphatic hydroxyl groups is 3. The van der Waals surface area contributed by atoms with E-state index in [0.29, 0.717) is 12.8 Å². The van der Waals surface area contributed by atoms with Crippen molar-refractivity contribution < 1.29 is 44.3 Å². The lowest BCUT2D eigenvalue weighted by Crippen LogP contribution is -2.68. The van der Waals surface area contributed by atoms with Gasteiger partial charge in [-0.05, 0) is 44.1 Å². The number of phenols is 1. The van der Waals surface area contributed by atoms with Gasteiger partial charge in [-0.1, -0.05) is 18.7 Å². The van der Waals surface area contributed by atoms with Crippen LogP contribution < -0.4 is 5.73 Å². The largest absolute Gasteiger partial charge is 0.510 e. The lowest BCUT2D eigenvalue weighted by molar-refractivity contribution is -0.178. The zero-order valence-electron chi connectivity index (χ0n) is 20.1. The fourth-order valence-electron chi connectivity index (χ4n) is 5.88. The minimum absolute atomic E-state index is 0.191. The fraction of sp³-hybridized carbons (Fsp3) is 0.385. The van der Waals surface area contributed by atoms with Crippen LogP contribution in [0.5, 0.6) is 5.75 Å². The summed E-state index contributed by atoms with van der Waals surface area (Å²) >= 11 is 0. The Kier molecular flexibility index (Phi) is 5.36. The number of ether oxygens (including phenoxy) is 1. The minimum atomic E-state index is -2.97. The number of aliphatic hydroxyl groups excluding tert-OH is 2. The predicted molar refractivity (Wildman–Crippen MR) is 127 cm³/mol. The van der Waals surface area contributed by atoms with E-state index in [4.69, 9.17) is 10.5 Å². The first-order valence-corrected chi connectivity index (χ1v) is 11.7. The van der Waals surface area contributed by atoms with Gasteiger partial charge in [0.15, 0.2) is 11.4 Å². The molecule has 11 nitrogen and oxygen atoms in total. The zero-order valence-corrected chi connectivity index (χ0v) is 20.1. The Labute approximate surface area is 211 Å². The maximum atomic E-state index is 13.7. The van der Waals surface area contributed by atoms with Crippen molar-refractivity contribution in [3.8, 4) is 5.75 Å². The van der Waals surface area contributed by atoms with Crippen LogP contribution in [0.4, 0.5) is 0 Å². The maximum absolute atomic E-state index is 13.7. The van der Waals surface area contributed by atoms with Gasteiger partial charge in [0.05, 0.1) is 34.9 Å². The van der Waals surface area contributed by atoms with Crippen LogP contribution in [0.3, 0.4) is 0 Å². The van der Waals surface area contributed by atoms with Gasteiger partial charge in [-0.2, -0.15) is 0 Å². The molecule has 0 heterocycles. The highest BCUT2D eigenvalue weighted by Crippen LogP contribution is 2.56. The van der Waals surface area contributed by atoms with Gasteiger partial charge in [-0.15, -0.1) is 0 Å². The molecule has 1 saturated carbocycles. The highest BCUT2D eigenvalue weighted by molar-refractivity contribution is 6.25. The van der Waals surface area contributed by atoms with Crippen molar-refractivity contribution in [1.82, 2.24) is 4.90 Å². The van der Waals surface area contributed by atoms with Crippen LogP contribution in [-0.2, 0) is 19.1 Å². The van der Waals surface area contributed by atoms with E-state index >= 15 is 0 Å². The van der Waals surface area contributed by atoms with E-state index in [1.54, 1.807) is 0 Å². The number of carbonyl (C=O) groups is 4. The molecule has 194 valence electrons. The lowest BCUT2D eigenvalue weighted by Gasteiger charge is -2.53. The third-order valence-electron chi connectivity index (χ3n) is 7.74. The molecule has 5 rings (SSSR count). The SMILES string of the molecule is C=C1c2cccc(O)c2C(=O)C2=C(O)[C@]3(O)C(=O)C(C(N)=O)=C(O)[C@H](N(C)C)[C@H]3[C@@H](OC(=O)C3CC3)[C@H]12. The monoisotopic (exact) mass is 510 g/mol. The van der Waals surface area contributed by atoms with Crippen LogP contribution in [0, 0.1) is 17.8 Å². The molecule has 1 aromatic carbocycles. The number of nitrogens with zero attached hydrogens (tertiary/aromatic N) is 1. The molecule has 0 aliphatic heterocycles. The van der Waals surface area contributed by atoms with Crippen molar-refractivity contribution in [3.05, 3.63) is 58.6 Å². The summed E-state index contributed by atoms with van der Waals surface area (Å²) in [6.07, 6.45) is -0.324. The second kappa shape index (κ2) is 8.02. The lowest BCUT2D eigenvalue weighted by atomic mass is 9.56. The van der Waals surface area contributed by atoms with Gasteiger partial charge in [0.1, 0.15) is 28.9 Å². The molecule has 0 radical (unpaired) electrons. The van der Waals surface area contributed by atoms with Crippen molar-refractivity contribution in [2.45, 2.75) is 30.6 Å². The Morgan fingerprint density at radius 1 is 1.16 bits per heavy atom. The molecule has 4 aliphatic rings. The molecule has 0 aromatic heterocycles. The van der Waals surface area contributed by atoms with Crippen molar-refractivity contribution >= 4 is 29.0 Å². The number of Topliss-reactive ketones (excluding diaryl/α,β-unsaturated/α-hetero) is 2. The van der Waals surface area contributed by atoms with Gasteiger partial charge < -0.3 is 30.9 Å². The molecule has 0 spiro atoms.